The first-order valence-corrected chi connectivity index (χ1v) is 6.14. The Morgan fingerprint density at radius 2 is 2.33 bits per heavy atom. The molecule has 5 heteroatoms. The number of Topliss-reactive ketones (excluding diaryl/α,β-unsaturated/α-hetero) is 1. The number of rotatable bonds is 4. The van der Waals surface area contributed by atoms with Gasteiger partial charge in [-0.15, -0.1) is 0 Å². The lowest BCUT2D eigenvalue weighted by molar-refractivity contribution is 0.0997. The molecule has 0 fully saturated rings. The minimum absolute atomic E-state index is 0.0365. The summed E-state index contributed by atoms with van der Waals surface area (Å²) in [7, 11) is 1.55. The molecule has 4 nitrogen and oxygen atoms in total. The predicted molar refractivity (Wildman–Crippen MR) is 72.0 cm³/mol. The van der Waals surface area contributed by atoms with Gasteiger partial charge in [-0.05, 0) is 24.6 Å². The molecule has 96 valence electrons. The van der Waals surface area contributed by atoms with Crippen LogP contribution in [0.5, 0.6) is 5.75 Å². The lowest BCUT2D eigenvalue weighted by Crippen LogP contribution is -2.22. The number of nitrogens with zero attached hydrogens (tertiary/aromatic N) is 1. The van der Waals surface area contributed by atoms with E-state index in [-0.39, 0.29) is 12.2 Å². The second kappa shape index (κ2) is 5.40. The maximum absolute atomic E-state index is 12.2. The number of aryl methyl sites for hydroxylation is 1. The van der Waals surface area contributed by atoms with Crippen LogP contribution >= 0.6 is 11.6 Å². The van der Waals surface area contributed by atoms with Gasteiger partial charge in [0.2, 0.25) is 0 Å². The topological polar surface area (TPSA) is 50.7 Å². The number of carbonyl (C=O) groups excluding carboxylic acids is 1. The average molecular weight is 267 g/mol. The summed E-state index contributed by atoms with van der Waals surface area (Å²) >= 11 is 5.99. The fourth-order valence-corrected chi connectivity index (χ4v) is 2.29. The van der Waals surface area contributed by atoms with Crippen LogP contribution in [0.4, 0.5) is 0 Å². The Morgan fingerprint density at radius 1 is 1.56 bits per heavy atom. The molecule has 0 saturated carbocycles. The summed E-state index contributed by atoms with van der Waals surface area (Å²) in [6, 6.07) is 3.42. The fraction of sp³-hybridized carbons (Fsp3) is 0.385. The van der Waals surface area contributed by atoms with Crippen LogP contribution in [-0.4, -0.2) is 31.8 Å². The zero-order valence-electron chi connectivity index (χ0n) is 10.4. The molecule has 18 heavy (non-hydrogen) atoms. The average Bonchev–Trinajstić information content (AvgIpc) is 2.80. The number of hydrogen-bond acceptors (Lipinski definition) is 4. The number of halogens is 1. The molecule has 0 radical (unpaired) electrons. The minimum Gasteiger partial charge on any atom is -0.496 e. The first-order chi connectivity index (χ1) is 8.61. The van der Waals surface area contributed by atoms with E-state index in [1.165, 1.54) is 0 Å². The van der Waals surface area contributed by atoms with Gasteiger partial charge in [0, 0.05) is 11.6 Å². The maximum Gasteiger partial charge on any atom is 0.174 e. The normalized spacial score (nSPS) is 14.1. The van der Waals surface area contributed by atoms with E-state index in [0.717, 1.165) is 24.5 Å². The molecule has 0 unspecified atom stereocenters. The van der Waals surface area contributed by atoms with Crippen molar-refractivity contribution in [1.82, 2.24) is 5.32 Å². The molecule has 0 amide bonds. The number of methoxy groups -OCH3 is 1. The molecule has 1 aliphatic heterocycles. The molecule has 0 bridgehead atoms. The second-order valence-electron chi connectivity index (χ2n) is 4.16. The van der Waals surface area contributed by atoms with Crippen molar-refractivity contribution in [3.05, 3.63) is 28.3 Å². The number of nitrogens with one attached hydrogen (secondary N) is 1. The number of carbonyl (C=O) groups is 1. The highest BCUT2D eigenvalue weighted by molar-refractivity contribution is 6.31. The number of benzene rings is 1. The number of aliphatic imine (C=N–C) groups is 1. The Balaban J connectivity index is 2.28. The third-order valence-electron chi connectivity index (χ3n) is 2.82. The Labute approximate surface area is 111 Å². The zero-order chi connectivity index (χ0) is 13.1. The molecule has 1 aromatic carbocycles. The zero-order valence-corrected chi connectivity index (χ0v) is 11.2. The summed E-state index contributed by atoms with van der Waals surface area (Å²) < 4.78 is 5.28. The van der Waals surface area contributed by atoms with Crippen molar-refractivity contribution in [2.45, 2.75) is 13.3 Å². The first-order valence-electron chi connectivity index (χ1n) is 5.76. The van der Waals surface area contributed by atoms with Gasteiger partial charge in [0.15, 0.2) is 5.78 Å². The third-order valence-corrected chi connectivity index (χ3v) is 3.03. The smallest absolute Gasteiger partial charge is 0.174 e. The molecule has 1 heterocycles. The van der Waals surface area contributed by atoms with E-state index in [1.54, 1.807) is 19.2 Å². The van der Waals surface area contributed by atoms with Crippen molar-refractivity contribution in [2.75, 3.05) is 20.2 Å². The Morgan fingerprint density at radius 3 is 2.94 bits per heavy atom. The van der Waals surface area contributed by atoms with Gasteiger partial charge >= 0.3 is 0 Å². The van der Waals surface area contributed by atoms with E-state index in [0.29, 0.717) is 16.3 Å². The van der Waals surface area contributed by atoms with E-state index in [9.17, 15) is 4.79 Å². The van der Waals surface area contributed by atoms with Crippen LogP contribution in [0, 0.1) is 6.92 Å². The Kier molecular flexibility index (Phi) is 3.87. The fourth-order valence-electron chi connectivity index (χ4n) is 2.02. The molecule has 1 aromatic rings. The van der Waals surface area contributed by atoms with Crippen molar-refractivity contribution in [3.8, 4) is 5.75 Å². The Bertz CT molecular complexity index is 512. The lowest BCUT2D eigenvalue weighted by atomic mass is 10.0. The number of ketones is 1. The highest BCUT2D eigenvalue weighted by Gasteiger charge is 2.18. The van der Waals surface area contributed by atoms with Crippen molar-refractivity contribution in [2.24, 2.45) is 4.99 Å². The molecule has 0 aromatic heterocycles. The van der Waals surface area contributed by atoms with Gasteiger partial charge in [-0.2, -0.15) is 0 Å². The van der Waals surface area contributed by atoms with Gasteiger partial charge in [0.1, 0.15) is 11.6 Å². The highest BCUT2D eigenvalue weighted by atomic mass is 35.5. The standard InChI is InChI=1S/C13H15ClN2O2/c1-8-5-9(14)6-10(13(8)18-2)11(17)7-12-15-3-4-16-12/h5-6H,3-4,7H2,1-2H3,(H,15,16). The molecule has 1 N–H and O–H groups in total. The molecule has 0 atom stereocenters. The summed E-state index contributed by atoms with van der Waals surface area (Å²) in [4.78, 5) is 16.4. The van der Waals surface area contributed by atoms with E-state index in [1.807, 2.05) is 6.92 Å². The summed E-state index contributed by atoms with van der Waals surface area (Å²) in [5.41, 5.74) is 1.37. The first kappa shape index (κ1) is 12.9. The summed E-state index contributed by atoms with van der Waals surface area (Å²) in [6.45, 7) is 3.40. The van der Waals surface area contributed by atoms with E-state index < -0.39 is 0 Å². The quantitative estimate of drug-likeness (QED) is 0.851. The molecular weight excluding hydrogens is 252 g/mol. The number of hydrogen-bond donors (Lipinski definition) is 1. The van der Waals surface area contributed by atoms with Gasteiger partial charge < -0.3 is 10.1 Å². The van der Waals surface area contributed by atoms with Crippen LogP contribution in [-0.2, 0) is 0 Å². The van der Waals surface area contributed by atoms with Gasteiger partial charge in [0.05, 0.1) is 25.6 Å². The lowest BCUT2D eigenvalue weighted by Gasteiger charge is -2.11. The van der Waals surface area contributed by atoms with Gasteiger partial charge in [-0.3, -0.25) is 9.79 Å². The van der Waals surface area contributed by atoms with Gasteiger partial charge in [0.25, 0.3) is 0 Å². The van der Waals surface area contributed by atoms with Crippen LogP contribution in [0.3, 0.4) is 0 Å². The van der Waals surface area contributed by atoms with Crippen molar-refractivity contribution >= 4 is 23.2 Å². The van der Waals surface area contributed by atoms with Crippen LogP contribution in [0.1, 0.15) is 22.3 Å². The second-order valence-corrected chi connectivity index (χ2v) is 4.60. The maximum atomic E-state index is 12.2. The molecule has 0 spiro atoms. The van der Waals surface area contributed by atoms with Crippen LogP contribution in [0.2, 0.25) is 5.02 Å². The van der Waals surface area contributed by atoms with Crippen molar-refractivity contribution in [3.63, 3.8) is 0 Å². The molecule has 0 aliphatic carbocycles. The largest absolute Gasteiger partial charge is 0.496 e. The summed E-state index contributed by atoms with van der Waals surface area (Å²) in [5.74, 6) is 1.29. The predicted octanol–water partition coefficient (Wildman–Crippen LogP) is 2.23. The van der Waals surface area contributed by atoms with Gasteiger partial charge in [-0.25, -0.2) is 0 Å². The highest BCUT2D eigenvalue weighted by Crippen LogP contribution is 2.28. The monoisotopic (exact) mass is 266 g/mol. The minimum atomic E-state index is -0.0365. The van der Waals surface area contributed by atoms with Gasteiger partial charge in [-0.1, -0.05) is 11.6 Å². The van der Waals surface area contributed by atoms with E-state index >= 15 is 0 Å². The molecule has 2 rings (SSSR count). The SMILES string of the molecule is COc1c(C)cc(Cl)cc1C(=O)CC1=NCCN1. The van der Waals surface area contributed by atoms with Crippen molar-refractivity contribution < 1.29 is 9.53 Å². The summed E-state index contributed by atoms with van der Waals surface area (Å²) in [5, 5.41) is 3.62. The van der Waals surface area contributed by atoms with Crippen molar-refractivity contribution in [1.29, 1.82) is 0 Å². The van der Waals surface area contributed by atoms with E-state index in [4.69, 9.17) is 16.3 Å². The third kappa shape index (κ3) is 2.64. The van der Waals surface area contributed by atoms with Crippen LogP contribution in [0.15, 0.2) is 17.1 Å². The Hall–Kier alpha value is -1.55. The van der Waals surface area contributed by atoms with Crippen LogP contribution in [0.25, 0.3) is 0 Å². The number of amidine groups is 1. The molecular formula is C13H15ClN2O2. The van der Waals surface area contributed by atoms with E-state index in [2.05, 4.69) is 10.3 Å². The number of ether oxygens (including phenoxy) is 1. The summed E-state index contributed by atoms with van der Waals surface area (Å²) in [6.07, 6.45) is 0.260. The van der Waals surface area contributed by atoms with Crippen LogP contribution < -0.4 is 10.1 Å². The molecule has 1 aliphatic rings. The molecule has 0 saturated heterocycles.